The van der Waals surface area contributed by atoms with Crippen LogP contribution in [0, 0.1) is 12.7 Å². The highest BCUT2D eigenvalue weighted by atomic mass is 19.1. The van der Waals surface area contributed by atoms with Gasteiger partial charge in [0.15, 0.2) is 0 Å². The van der Waals surface area contributed by atoms with Crippen molar-refractivity contribution in [3.8, 4) is 0 Å². The number of rotatable bonds is 6. The minimum absolute atomic E-state index is 0.0350. The first-order chi connectivity index (χ1) is 18.5. The summed E-state index contributed by atoms with van der Waals surface area (Å²) < 4.78 is 19.0. The summed E-state index contributed by atoms with van der Waals surface area (Å²) in [4.78, 5) is 37.6. The third-order valence-electron chi connectivity index (χ3n) is 6.45. The molecular weight excluding hydrogens is 499 g/mol. The largest absolute Gasteiger partial charge is 0.444 e. The number of halogens is 1. The average molecular weight is 535 g/mol. The van der Waals surface area contributed by atoms with Gasteiger partial charge in [-0.3, -0.25) is 4.79 Å². The Kier molecular flexibility index (Phi) is 8.32. The van der Waals surface area contributed by atoms with Gasteiger partial charge in [-0.1, -0.05) is 0 Å². The summed E-state index contributed by atoms with van der Waals surface area (Å²) in [7, 11) is 1.75. The molecular formula is C29H35FN6O3. The van der Waals surface area contributed by atoms with Crippen molar-refractivity contribution in [1.82, 2.24) is 19.8 Å². The van der Waals surface area contributed by atoms with Crippen LogP contribution in [0.25, 0.3) is 0 Å². The Morgan fingerprint density at radius 1 is 1.03 bits per heavy atom. The highest BCUT2D eigenvalue weighted by molar-refractivity contribution is 5.94. The lowest BCUT2D eigenvalue weighted by molar-refractivity contribution is 0.0156. The van der Waals surface area contributed by atoms with Crippen LogP contribution in [0.3, 0.4) is 0 Å². The van der Waals surface area contributed by atoms with Crippen LogP contribution in [0.15, 0.2) is 54.7 Å². The predicted molar refractivity (Wildman–Crippen MR) is 149 cm³/mol. The molecule has 1 aliphatic rings. The number of nitrogens with zero attached hydrogens (tertiary/aromatic N) is 4. The van der Waals surface area contributed by atoms with Crippen molar-refractivity contribution >= 4 is 35.1 Å². The van der Waals surface area contributed by atoms with Gasteiger partial charge in [0.2, 0.25) is 5.95 Å². The number of carbonyl (C=O) groups excluding carboxylic acids is 2. The molecule has 0 atom stereocenters. The molecule has 2 heterocycles. The number of piperidine rings is 1. The number of benzene rings is 2. The van der Waals surface area contributed by atoms with Gasteiger partial charge in [-0.05, 0) is 94.6 Å². The molecule has 2 N–H and O–H groups in total. The molecule has 39 heavy (non-hydrogen) atoms. The fraction of sp³-hybridized carbons (Fsp3) is 0.379. The van der Waals surface area contributed by atoms with E-state index in [1.54, 1.807) is 55.4 Å². The number of nitrogens with one attached hydrogen (secondary N) is 2. The Balaban J connectivity index is 1.31. The maximum atomic E-state index is 13.5. The highest BCUT2D eigenvalue weighted by Gasteiger charge is 2.30. The Morgan fingerprint density at radius 2 is 1.69 bits per heavy atom. The highest BCUT2D eigenvalue weighted by Crippen LogP contribution is 2.22. The number of ether oxygens (including phenoxy) is 1. The lowest BCUT2D eigenvalue weighted by atomic mass is 10.0. The summed E-state index contributed by atoms with van der Waals surface area (Å²) in [6.45, 7) is 8.38. The first-order valence-electron chi connectivity index (χ1n) is 13.0. The maximum absolute atomic E-state index is 13.5. The Morgan fingerprint density at radius 3 is 2.33 bits per heavy atom. The standard InChI is InChI=1S/C29H35FN6O3/c1-19-18-22(10-11-24(19)30)32-25-12-15-31-27(34-25)33-21-8-6-20(7-9-21)26(37)36-16-13-23(14-17-36)35(5)28(38)39-29(2,3)4/h6-12,15,18,23H,13-14,16-17H2,1-5H3,(H2,31,32,33,34). The quantitative estimate of drug-likeness (QED) is 0.407. The molecule has 0 unspecified atom stereocenters. The normalized spacial score (nSPS) is 14.1. The van der Waals surface area contributed by atoms with Gasteiger partial charge in [-0.2, -0.15) is 4.98 Å². The number of hydrogen-bond acceptors (Lipinski definition) is 7. The van der Waals surface area contributed by atoms with E-state index in [1.165, 1.54) is 6.07 Å². The van der Waals surface area contributed by atoms with E-state index in [9.17, 15) is 14.0 Å². The molecule has 0 saturated carbocycles. The Hall–Kier alpha value is -4.21. The van der Waals surface area contributed by atoms with E-state index < -0.39 is 5.60 Å². The molecule has 1 aromatic heterocycles. The minimum atomic E-state index is -0.544. The molecule has 9 nitrogen and oxygen atoms in total. The van der Waals surface area contributed by atoms with Gasteiger partial charge in [0, 0.05) is 49.3 Å². The van der Waals surface area contributed by atoms with Crippen LogP contribution in [0.2, 0.25) is 0 Å². The molecule has 4 rings (SSSR count). The van der Waals surface area contributed by atoms with Gasteiger partial charge in [0.1, 0.15) is 17.2 Å². The number of anilines is 4. The second-order valence-electron chi connectivity index (χ2n) is 10.7. The van der Waals surface area contributed by atoms with Crippen LogP contribution in [0.1, 0.15) is 49.5 Å². The number of aromatic nitrogens is 2. The number of amides is 2. The van der Waals surface area contributed by atoms with Crippen LogP contribution in [-0.4, -0.2) is 63.5 Å². The second kappa shape index (κ2) is 11.7. The molecule has 2 amide bonds. The van der Waals surface area contributed by atoms with Crippen molar-refractivity contribution in [2.45, 2.75) is 52.2 Å². The van der Waals surface area contributed by atoms with Crippen molar-refractivity contribution in [2.75, 3.05) is 30.8 Å². The fourth-order valence-corrected chi connectivity index (χ4v) is 4.31. The lowest BCUT2D eigenvalue weighted by Crippen LogP contribution is -2.48. The molecule has 206 valence electrons. The third-order valence-corrected chi connectivity index (χ3v) is 6.45. The summed E-state index contributed by atoms with van der Waals surface area (Å²) in [6, 6.07) is 13.7. The Labute approximate surface area is 228 Å². The fourth-order valence-electron chi connectivity index (χ4n) is 4.31. The van der Waals surface area contributed by atoms with E-state index in [0.717, 1.165) is 11.4 Å². The van der Waals surface area contributed by atoms with Crippen LogP contribution in [0.5, 0.6) is 0 Å². The minimum Gasteiger partial charge on any atom is -0.444 e. The van der Waals surface area contributed by atoms with Gasteiger partial charge in [-0.25, -0.2) is 14.2 Å². The van der Waals surface area contributed by atoms with Crippen molar-refractivity contribution in [1.29, 1.82) is 0 Å². The second-order valence-corrected chi connectivity index (χ2v) is 10.7. The zero-order valence-corrected chi connectivity index (χ0v) is 23.0. The average Bonchev–Trinajstić information content (AvgIpc) is 2.90. The molecule has 1 aliphatic heterocycles. The first kappa shape index (κ1) is 27.8. The van der Waals surface area contributed by atoms with Crippen molar-refractivity contribution in [3.63, 3.8) is 0 Å². The lowest BCUT2D eigenvalue weighted by Gasteiger charge is -2.37. The molecule has 0 bridgehead atoms. The summed E-state index contributed by atoms with van der Waals surface area (Å²) in [5, 5.41) is 6.29. The van der Waals surface area contributed by atoms with Crippen LogP contribution >= 0.6 is 0 Å². The molecule has 0 aliphatic carbocycles. The predicted octanol–water partition coefficient (Wildman–Crippen LogP) is 5.88. The zero-order chi connectivity index (χ0) is 28.2. The van der Waals surface area contributed by atoms with Crippen molar-refractivity contribution in [2.24, 2.45) is 0 Å². The number of likely N-dealkylation sites (tertiary alicyclic amines) is 1. The summed E-state index contributed by atoms with van der Waals surface area (Å²) in [5.74, 6) is 0.639. The SMILES string of the molecule is Cc1cc(Nc2ccnc(Nc3ccc(C(=O)N4CCC(N(C)C(=O)OC(C)(C)C)CC4)cc3)n2)ccc1F. The van der Waals surface area contributed by atoms with E-state index in [2.05, 4.69) is 20.6 Å². The van der Waals surface area contributed by atoms with Crippen molar-refractivity contribution < 1.29 is 18.7 Å². The van der Waals surface area contributed by atoms with Crippen molar-refractivity contribution in [3.05, 3.63) is 71.7 Å². The molecule has 10 heteroatoms. The Bertz CT molecular complexity index is 1320. The first-order valence-corrected chi connectivity index (χ1v) is 13.0. The number of hydrogen-bond donors (Lipinski definition) is 2. The third kappa shape index (κ3) is 7.43. The van der Waals surface area contributed by atoms with E-state index in [0.29, 0.717) is 48.8 Å². The topological polar surface area (TPSA) is 99.7 Å². The smallest absolute Gasteiger partial charge is 0.410 e. The van der Waals surface area contributed by atoms with E-state index >= 15 is 0 Å². The molecule has 0 spiro atoms. The number of aryl methyl sites for hydroxylation is 1. The summed E-state index contributed by atoms with van der Waals surface area (Å²) in [5.41, 5.74) is 2.04. The number of carbonyl (C=O) groups is 2. The molecule has 1 fully saturated rings. The van der Waals surface area contributed by atoms with Crippen LogP contribution in [0.4, 0.5) is 32.3 Å². The molecule has 0 radical (unpaired) electrons. The van der Waals surface area contributed by atoms with E-state index in [1.807, 2.05) is 37.8 Å². The van der Waals surface area contributed by atoms with Gasteiger partial charge < -0.3 is 25.2 Å². The molecule has 2 aromatic carbocycles. The zero-order valence-electron chi connectivity index (χ0n) is 23.0. The molecule has 1 saturated heterocycles. The maximum Gasteiger partial charge on any atom is 0.410 e. The van der Waals surface area contributed by atoms with E-state index in [4.69, 9.17) is 4.74 Å². The monoisotopic (exact) mass is 534 g/mol. The summed E-state index contributed by atoms with van der Waals surface area (Å²) >= 11 is 0. The molecule has 3 aromatic rings. The van der Waals surface area contributed by atoms with Gasteiger partial charge in [0.05, 0.1) is 0 Å². The van der Waals surface area contributed by atoms with Gasteiger partial charge in [0.25, 0.3) is 5.91 Å². The van der Waals surface area contributed by atoms with Gasteiger partial charge >= 0.3 is 6.09 Å². The van der Waals surface area contributed by atoms with Gasteiger partial charge in [-0.15, -0.1) is 0 Å². The van der Waals surface area contributed by atoms with E-state index in [-0.39, 0.29) is 23.9 Å². The van der Waals surface area contributed by atoms with Crippen LogP contribution < -0.4 is 10.6 Å². The summed E-state index contributed by atoms with van der Waals surface area (Å²) in [6.07, 6.45) is 2.67. The van der Waals surface area contributed by atoms with Crippen LogP contribution in [-0.2, 0) is 4.74 Å².